The molecule has 0 saturated heterocycles. The summed E-state index contributed by atoms with van der Waals surface area (Å²) in [5, 5.41) is 14.1. The van der Waals surface area contributed by atoms with Gasteiger partial charge in [0, 0.05) is 48.7 Å². The molecule has 20 heavy (non-hydrogen) atoms. The number of nitrogens with one attached hydrogen (secondary N) is 1. The number of nitrogens with zero attached hydrogens (tertiary/aromatic N) is 1. The number of fused-ring (bicyclic) bond motifs is 3. The highest BCUT2D eigenvalue weighted by Crippen LogP contribution is 2.44. The number of rotatable bonds is 2. The van der Waals surface area contributed by atoms with Crippen LogP contribution >= 0.6 is 11.6 Å². The second kappa shape index (κ2) is 4.59. The van der Waals surface area contributed by atoms with E-state index in [1.54, 1.807) is 23.9 Å². The molecular weight excluding hydrogens is 280 g/mol. The molecule has 1 atom stereocenters. The molecule has 1 aromatic heterocycles. The third-order valence-corrected chi connectivity index (χ3v) is 4.18. The van der Waals surface area contributed by atoms with Crippen LogP contribution in [0.25, 0.3) is 10.9 Å². The highest BCUT2D eigenvalue weighted by Gasteiger charge is 2.30. The summed E-state index contributed by atoms with van der Waals surface area (Å²) >= 11 is 6.02. The minimum Gasteiger partial charge on any atom is -0.506 e. The molecule has 0 aliphatic carbocycles. The van der Waals surface area contributed by atoms with Gasteiger partial charge in [0.2, 0.25) is 0 Å². The number of halogens is 1. The number of phenols is 1. The van der Waals surface area contributed by atoms with E-state index in [0.717, 1.165) is 16.6 Å². The summed E-state index contributed by atoms with van der Waals surface area (Å²) in [7, 11) is 3.14. The van der Waals surface area contributed by atoms with Crippen molar-refractivity contribution in [2.75, 3.05) is 24.9 Å². The Morgan fingerprint density at radius 3 is 3.05 bits per heavy atom. The second-order valence-electron chi connectivity index (χ2n) is 4.96. The zero-order valence-electron chi connectivity index (χ0n) is 11.2. The van der Waals surface area contributed by atoms with E-state index < -0.39 is 5.97 Å². The number of hydrogen-bond acceptors (Lipinski definition) is 4. The summed E-state index contributed by atoms with van der Waals surface area (Å²) in [5.41, 5.74) is 2.89. The molecule has 2 heterocycles. The first kappa shape index (κ1) is 13.1. The van der Waals surface area contributed by atoms with Crippen LogP contribution in [0.4, 0.5) is 5.69 Å². The van der Waals surface area contributed by atoms with Gasteiger partial charge < -0.3 is 19.7 Å². The number of phenolic OH excluding ortho intramolecular Hbond substituents is 1. The molecule has 1 aromatic carbocycles. The van der Waals surface area contributed by atoms with E-state index in [1.807, 2.05) is 0 Å². The Balaban J connectivity index is 2.41. The first-order valence-electron chi connectivity index (χ1n) is 6.31. The van der Waals surface area contributed by atoms with Crippen molar-refractivity contribution in [3.8, 4) is 5.75 Å². The maximum Gasteiger partial charge on any atom is 0.340 e. The van der Waals surface area contributed by atoms with E-state index in [9.17, 15) is 9.90 Å². The van der Waals surface area contributed by atoms with E-state index in [-0.39, 0.29) is 11.7 Å². The summed E-state index contributed by atoms with van der Waals surface area (Å²) < 4.78 is 6.58. The number of aryl methyl sites for hydroxylation is 1. The van der Waals surface area contributed by atoms with Gasteiger partial charge in [0.25, 0.3) is 0 Å². The van der Waals surface area contributed by atoms with Crippen molar-refractivity contribution in [3.63, 3.8) is 0 Å². The Morgan fingerprint density at radius 2 is 2.40 bits per heavy atom. The molecule has 2 N–H and O–H groups in total. The molecule has 1 unspecified atom stereocenters. The Kier molecular flexibility index (Phi) is 3.01. The van der Waals surface area contributed by atoms with Crippen LogP contribution in [0.5, 0.6) is 5.75 Å². The summed E-state index contributed by atoms with van der Waals surface area (Å²) in [6.07, 6.45) is 1.68. The number of aromatic nitrogens is 1. The molecule has 0 saturated carbocycles. The van der Waals surface area contributed by atoms with E-state index in [1.165, 1.54) is 7.11 Å². The SMILES string of the molecule is COC(=O)c1cn(C)c2c(O)cc3c(c12)C(CCl)CN3. The van der Waals surface area contributed by atoms with Crippen molar-refractivity contribution in [1.29, 1.82) is 0 Å². The van der Waals surface area contributed by atoms with Crippen molar-refractivity contribution in [2.24, 2.45) is 7.05 Å². The maximum absolute atomic E-state index is 12.0. The maximum atomic E-state index is 12.0. The summed E-state index contributed by atoms with van der Waals surface area (Å²) in [4.78, 5) is 12.0. The van der Waals surface area contributed by atoms with E-state index in [2.05, 4.69) is 5.32 Å². The molecule has 3 rings (SSSR count). The third kappa shape index (κ3) is 1.66. The quantitative estimate of drug-likeness (QED) is 0.659. The molecule has 0 spiro atoms. The van der Waals surface area contributed by atoms with E-state index in [4.69, 9.17) is 16.3 Å². The van der Waals surface area contributed by atoms with Gasteiger partial charge in [-0.2, -0.15) is 0 Å². The Hall–Kier alpha value is -1.88. The average molecular weight is 295 g/mol. The van der Waals surface area contributed by atoms with Gasteiger partial charge in [0.1, 0.15) is 5.75 Å². The Labute approximate surface area is 121 Å². The van der Waals surface area contributed by atoms with Crippen LogP contribution in [0, 0.1) is 0 Å². The Bertz CT molecular complexity index is 708. The van der Waals surface area contributed by atoms with Gasteiger partial charge in [-0.3, -0.25) is 0 Å². The lowest BCUT2D eigenvalue weighted by Crippen LogP contribution is -2.05. The van der Waals surface area contributed by atoms with Crippen molar-refractivity contribution in [1.82, 2.24) is 4.57 Å². The normalized spacial score (nSPS) is 17.1. The molecule has 1 aliphatic heterocycles. The number of alkyl halides is 1. The van der Waals surface area contributed by atoms with Crippen LogP contribution < -0.4 is 5.32 Å². The van der Waals surface area contributed by atoms with Crippen molar-refractivity contribution in [2.45, 2.75) is 5.92 Å². The summed E-state index contributed by atoms with van der Waals surface area (Å²) in [6.45, 7) is 0.701. The van der Waals surface area contributed by atoms with Crippen LogP contribution in [0.15, 0.2) is 12.3 Å². The minimum absolute atomic E-state index is 0.112. The van der Waals surface area contributed by atoms with Gasteiger partial charge in [-0.1, -0.05) is 0 Å². The fraction of sp³-hybridized carbons (Fsp3) is 0.357. The predicted octanol–water partition coefficient (Wildman–Crippen LogP) is 2.42. The van der Waals surface area contributed by atoms with E-state index in [0.29, 0.717) is 23.5 Å². The number of carbonyl (C=O) groups excluding carboxylic acids is 1. The molecule has 0 fully saturated rings. The molecule has 1 aliphatic rings. The standard InChI is InChI=1S/C14H15ClN2O3/c1-17-6-8(14(19)20-2)12-11-7(4-15)5-16-9(11)3-10(18)13(12)17/h3,6-7,16,18H,4-5H2,1-2H3. The molecule has 0 bridgehead atoms. The van der Waals surface area contributed by atoms with Gasteiger partial charge in [-0.15, -0.1) is 11.6 Å². The first-order valence-corrected chi connectivity index (χ1v) is 6.85. The van der Waals surface area contributed by atoms with Crippen LogP contribution in [-0.4, -0.2) is 35.2 Å². The lowest BCUT2D eigenvalue weighted by molar-refractivity contribution is 0.0602. The zero-order valence-corrected chi connectivity index (χ0v) is 12.0. The van der Waals surface area contributed by atoms with Crippen molar-refractivity contribution in [3.05, 3.63) is 23.4 Å². The van der Waals surface area contributed by atoms with Gasteiger partial charge in [-0.05, 0) is 5.56 Å². The molecule has 6 heteroatoms. The largest absolute Gasteiger partial charge is 0.506 e. The molecule has 0 radical (unpaired) electrons. The fourth-order valence-corrected chi connectivity index (χ4v) is 3.19. The number of methoxy groups -OCH3 is 1. The van der Waals surface area contributed by atoms with Crippen molar-refractivity contribution >= 4 is 34.2 Å². The molecule has 106 valence electrons. The summed E-state index contributed by atoms with van der Waals surface area (Å²) in [6, 6.07) is 1.69. The van der Waals surface area contributed by atoms with Crippen LogP contribution in [0.2, 0.25) is 0 Å². The second-order valence-corrected chi connectivity index (χ2v) is 5.27. The Morgan fingerprint density at radius 1 is 1.65 bits per heavy atom. The molecule has 5 nitrogen and oxygen atoms in total. The smallest absolute Gasteiger partial charge is 0.340 e. The predicted molar refractivity (Wildman–Crippen MR) is 77.9 cm³/mol. The lowest BCUT2D eigenvalue weighted by atomic mass is 9.96. The molecular formula is C14H15ClN2O3. The van der Waals surface area contributed by atoms with Crippen LogP contribution in [-0.2, 0) is 11.8 Å². The van der Waals surface area contributed by atoms with Gasteiger partial charge in [0.15, 0.2) is 0 Å². The number of esters is 1. The first-order chi connectivity index (χ1) is 9.58. The van der Waals surface area contributed by atoms with E-state index >= 15 is 0 Å². The monoisotopic (exact) mass is 294 g/mol. The average Bonchev–Trinajstić information content (AvgIpc) is 2.99. The number of anilines is 1. The number of hydrogen-bond donors (Lipinski definition) is 2. The van der Waals surface area contributed by atoms with Gasteiger partial charge >= 0.3 is 5.97 Å². The molecule has 2 aromatic rings. The lowest BCUT2D eigenvalue weighted by Gasteiger charge is -2.10. The fourth-order valence-electron chi connectivity index (χ4n) is 2.93. The highest BCUT2D eigenvalue weighted by atomic mass is 35.5. The van der Waals surface area contributed by atoms with Crippen LogP contribution in [0.3, 0.4) is 0 Å². The highest BCUT2D eigenvalue weighted by molar-refractivity contribution is 6.19. The zero-order chi connectivity index (χ0) is 14.4. The number of benzene rings is 1. The topological polar surface area (TPSA) is 63.5 Å². The van der Waals surface area contributed by atoms with Gasteiger partial charge in [-0.25, -0.2) is 4.79 Å². The van der Waals surface area contributed by atoms with Crippen molar-refractivity contribution < 1.29 is 14.6 Å². The number of ether oxygens (including phenoxy) is 1. The third-order valence-electron chi connectivity index (χ3n) is 3.80. The number of carbonyl (C=O) groups is 1. The molecule has 0 amide bonds. The summed E-state index contributed by atoms with van der Waals surface area (Å²) in [5.74, 6) is 0.290. The minimum atomic E-state index is -0.413. The number of aromatic hydroxyl groups is 1. The van der Waals surface area contributed by atoms with Crippen LogP contribution in [0.1, 0.15) is 21.8 Å². The van der Waals surface area contributed by atoms with Gasteiger partial charge in [0.05, 0.1) is 18.2 Å².